The number of halogens is 2. The highest BCUT2D eigenvalue weighted by Gasteiger charge is 2.11. The predicted octanol–water partition coefficient (Wildman–Crippen LogP) is 3.78. The summed E-state index contributed by atoms with van der Waals surface area (Å²) in [7, 11) is 1.73. The fourth-order valence-corrected chi connectivity index (χ4v) is 3.17. The Bertz CT molecular complexity index is 587. The lowest BCUT2D eigenvalue weighted by molar-refractivity contribution is -0.127. The second-order valence-corrected chi connectivity index (χ2v) is 6.27. The van der Waals surface area contributed by atoms with Crippen molar-refractivity contribution in [3.8, 4) is 0 Å². The summed E-state index contributed by atoms with van der Waals surface area (Å²) >= 11 is 2.79. The van der Waals surface area contributed by atoms with Gasteiger partial charge < -0.3 is 4.90 Å². The lowest BCUT2D eigenvalue weighted by Gasteiger charge is -2.15. The molecule has 0 radical (unpaired) electrons. The fourth-order valence-electron chi connectivity index (χ4n) is 1.55. The molecule has 0 fully saturated rings. The Morgan fingerprint density at radius 2 is 2.10 bits per heavy atom. The maximum atomic E-state index is 13.0. The van der Waals surface area contributed by atoms with E-state index in [1.807, 2.05) is 17.5 Å². The molecule has 0 spiro atoms. The van der Waals surface area contributed by atoms with Gasteiger partial charge in [-0.1, -0.05) is 6.07 Å². The van der Waals surface area contributed by atoms with E-state index in [-0.39, 0.29) is 11.7 Å². The van der Waals surface area contributed by atoms with E-state index in [0.717, 1.165) is 17.0 Å². The van der Waals surface area contributed by atoms with E-state index in [1.165, 1.54) is 17.8 Å². The fraction of sp³-hybridized carbons (Fsp3) is 0.214. The van der Waals surface area contributed by atoms with Crippen LogP contribution in [0, 0.1) is 11.6 Å². The zero-order valence-corrected chi connectivity index (χ0v) is 12.4. The monoisotopic (exact) mass is 313 g/mol. The molecule has 1 amide bonds. The van der Waals surface area contributed by atoms with Crippen molar-refractivity contribution < 1.29 is 13.6 Å². The van der Waals surface area contributed by atoms with Gasteiger partial charge in [0.25, 0.3) is 0 Å². The molecular formula is C14H13F2NOS2. The molecule has 1 heterocycles. The third-order valence-electron chi connectivity index (χ3n) is 2.65. The SMILES string of the molecule is CN(Cc1cccs1)C(=O)CSc1ccc(F)c(F)c1. The smallest absolute Gasteiger partial charge is 0.233 e. The Morgan fingerprint density at radius 3 is 2.75 bits per heavy atom. The molecule has 0 saturated heterocycles. The van der Waals surface area contributed by atoms with Crippen molar-refractivity contribution in [3.63, 3.8) is 0 Å². The molecule has 2 aromatic rings. The Morgan fingerprint density at radius 1 is 1.30 bits per heavy atom. The van der Waals surface area contributed by atoms with Crippen LogP contribution in [0.5, 0.6) is 0 Å². The van der Waals surface area contributed by atoms with E-state index in [1.54, 1.807) is 23.3 Å². The number of thiophene rings is 1. The summed E-state index contributed by atoms with van der Waals surface area (Å²) in [5, 5.41) is 1.96. The minimum Gasteiger partial charge on any atom is -0.340 e. The highest BCUT2D eigenvalue weighted by molar-refractivity contribution is 8.00. The number of benzene rings is 1. The van der Waals surface area contributed by atoms with Crippen molar-refractivity contribution in [2.24, 2.45) is 0 Å². The van der Waals surface area contributed by atoms with Gasteiger partial charge in [0.2, 0.25) is 5.91 Å². The third kappa shape index (κ3) is 4.05. The average molecular weight is 313 g/mol. The number of carbonyl (C=O) groups excluding carboxylic acids is 1. The molecule has 1 aromatic carbocycles. The number of amides is 1. The summed E-state index contributed by atoms with van der Waals surface area (Å²) in [4.78, 5) is 15.2. The maximum absolute atomic E-state index is 13.0. The predicted molar refractivity (Wildman–Crippen MR) is 77.9 cm³/mol. The third-order valence-corrected chi connectivity index (χ3v) is 4.49. The Balaban J connectivity index is 1.86. The van der Waals surface area contributed by atoms with Gasteiger partial charge in [0.1, 0.15) is 0 Å². The van der Waals surface area contributed by atoms with Crippen LogP contribution >= 0.6 is 23.1 Å². The van der Waals surface area contributed by atoms with Crippen LogP contribution < -0.4 is 0 Å². The molecule has 6 heteroatoms. The van der Waals surface area contributed by atoms with E-state index in [9.17, 15) is 13.6 Å². The van der Waals surface area contributed by atoms with Crippen LogP contribution in [0.3, 0.4) is 0 Å². The van der Waals surface area contributed by atoms with E-state index in [4.69, 9.17) is 0 Å². The molecule has 0 N–H and O–H groups in total. The van der Waals surface area contributed by atoms with Crippen molar-refractivity contribution in [3.05, 3.63) is 52.2 Å². The van der Waals surface area contributed by atoms with Crippen LogP contribution in [0.2, 0.25) is 0 Å². The molecule has 0 saturated carbocycles. The molecule has 2 nitrogen and oxygen atoms in total. The van der Waals surface area contributed by atoms with Crippen LogP contribution in [-0.4, -0.2) is 23.6 Å². The molecular weight excluding hydrogens is 300 g/mol. The van der Waals surface area contributed by atoms with Crippen LogP contribution in [0.4, 0.5) is 8.78 Å². The van der Waals surface area contributed by atoms with Gasteiger partial charge in [0.15, 0.2) is 11.6 Å². The molecule has 0 aliphatic rings. The number of carbonyl (C=O) groups is 1. The van der Waals surface area contributed by atoms with Crippen molar-refractivity contribution >= 4 is 29.0 Å². The summed E-state index contributed by atoms with van der Waals surface area (Å²) in [6.07, 6.45) is 0. The second-order valence-electron chi connectivity index (χ2n) is 4.19. The van der Waals surface area contributed by atoms with Crippen molar-refractivity contribution in [2.45, 2.75) is 11.4 Å². The molecule has 0 aliphatic heterocycles. The van der Waals surface area contributed by atoms with E-state index in [2.05, 4.69) is 0 Å². The zero-order valence-electron chi connectivity index (χ0n) is 10.8. The second kappa shape index (κ2) is 6.85. The number of thioether (sulfide) groups is 1. The highest BCUT2D eigenvalue weighted by atomic mass is 32.2. The summed E-state index contributed by atoms with van der Waals surface area (Å²) in [5.41, 5.74) is 0. The Labute approximate surface area is 124 Å². The Kier molecular flexibility index (Phi) is 5.14. The van der Waals surface area contributed by atoms with Crippen molar-refractivity contribution in [1.29, 1.82) is 0 Å². The van der Waals surface area contributed by atoms with Gasteiger partial charge in [-0.05, 0) is 29.6 Å². The molecule has 0 atom stereocenters. The number of hydrogen-bond acceptors (Lipinski definition) is 3. The highest BCUT2D eigenvalue weighted by Crippen LogP contribution is 2.21. The normalized spacial score (nSPS) is 10.6. The van der Waals surface area contributed by atoms with Gasteiger partial charge in [-0.25, -0.2) is 8.78 Å². The molecule has 2 rings (SSSR count). The number of hydrogen-bond donors (Lipinski definition) is 0. The van der Waals surface area contributed by atoms with E-state index < -0.39 is 11.6 Å². The van der Waals surface area contributed by atoms with Gasteiger partial charge in [0.05, 0.1) is 12.3 Å². The Hall–Kier alpha value is -1.40. The first-order valence-corrected chi connectivity index (χ1v) is 7.77. The summed E-state index contributed by atoms with van der Waals surface area (Å²) in [5.74, 6) is -1.62. The first kappa shape index (κ1) is 15.0. The van der Waals surface area contributed by atoms with Crippen molar-refractivity contribution in [2.75, 3.05) is 12.8 Å². The van der Waals surface area contributed by atoms with Crippen LogP contribution in [0.1, 0.15) is 4.88 Å². The molecule has 0 aliphatic carbocycles. The first-order chi connectivity index (χ1) is 9.56. The average Bonchev–Trinajstić information content (AvgIpc) is 2.92. The number of rotatable bonds is 5. The van der Waals surface area contributed by atoms with Gasteiger partial charge in [0, 0.05) is 16.8 Å². The van der Waals surface area contributed by atoms with E-state index in [0.29, 0.717) is 11.4 Å². The van der Waals surface area contributed by atoms with E-state index >= 15 is 0 Å². The minimum absolute atomic E-state index is 0.0480. The van der Waals surface area contributed by atoms with Crippen LogP contribution in [-0.2, 0) is 11.3 Å². The topological polar surface area (TPSA) is 20.3 Å². The molecule has 0 unspecified atom stereocenters. The van der Waals surface area contributed by atoms with Gasteiger partial charge in [-0.2, -0.15) is 0 Å². The minimum atomic E-state index is -0.894. The molecule has 1 aromatic heterocycles. The summed E-state index contributed by atoms with van der Waals surface area (Å²) < 4.78 is 25.8. The largest absolute Gasteiger partial charge is 0.340 e. The lowest BCUT2D eigenvalue weighted by atomic mass is 10.3. The lowest BCUT2D eigenvalue weighted by Crippen LogP contribution is -2.27. The van der Waals surface area contributed by atoms with Crippen LogP contribution in [0.25, 0.3) is 0 Å². The quantitative estimate of drug-likeness (QED) is 0.783. The van der Waals surface area contributed by atoms with Crippen LogP contribution in [0.15, 0.2) is 40.6 Å². The summed E-state index contributed by atoms with van der Waals surface area (Å²) in [6.45, 7) is 0.564. The van der Waals surface area contributed by atoms with Crippen molar-refractivity contribution in [1.82, 2.24) is 4.90 Å². The van der Waals surface area contributed by atoms with Gasteiger partial charge >= 0.3 is 0 Å². The zero-order chi connectivity index (χ0) is 14.5. The molecule has 106 valence electrons. The standard InChI is InChI=1S/C14H13F2NOS2/c1-17(8-11-3-2-6-19-11)14(18)9-20-10-4-5-12(15)13(16)7-10/h2-7H,8-9H2,1H3. The van der Waals surface area contributed by atoms with Gasteiger partial charge in [-0.3, -0.25) is 4.79 Å². The van der Waals surface area contributed by atoms with Gasteiger partial charge in [-0.15, -0.1) is 23.1 Å². The molecule has 0 bridgehead atoms. The summed E-state index contributed by atoms with van der Waals surface area (Å²) in [6, 6.07) is 7.55. The maximum Gasteiger partial charge on any atom is 0.233 e. The first-order valence-electron chi connectivity index (χ1n) is 5.90. The number of nitrogens with zero attached hydrogens (tertiary/aromatic N) is 1. The molecule has 20 heavy (non-hydrogen) atoms.